The minimum absolute atomic E-state index is 0.117. The first-order valence-electron chi connectivity index (χ1n) is 6.95. The van der Waals surface area contributed by atoms with Crippen molar-refractivity contribution in [3.05, 3.63) is 24.0 Å². The van der Waals surface area contributed by atoms with Crippen molar-refractivity contribution in [2.75, 3.05) is 5.73 Å². The van der Waals surface area contributed by atoms with Gasteiger partial charge in [-0.2, -0.15) is 0 Å². The number of aromatic nitrogens is 4. The molecule has 1 fully saturated rings. The number of nitrogens with two attached hydrogens (primary N) is 1. The number of anilines is 1. The van der Waals surface area contributed by atoms with E-state index < -0.39 is 5.82 Å². The molecule has 0 atom stereocenters. The maximum atomic E-state index is 13.2. The predicted molar refractivity (Wildman–Crippen MR) is 74.2 cm³/mol. The van der Waals surface area contributed by atoms with Gasteiger partial charge in [0.05, 0.1) is 12.2 Å². The van der Waals surface area contributed by atoms with Crippen molar-refractivity contribution in [1.82, 2.24) is 20.2 Å². The second-order valence-electron chi connectivity index (χ2n) is 5.65. The molecule has 1 aliphatic carbocycles. The van der Waals surface area contributed by atoms with E-state index in [0.717, 1.165) is 12.1 Å². The average molecular weight is 275 g/mol. The molecule has 1 aromatic carbocycles. The first-order valence-corrected chi connectivity index (χ1v) is 6.95. The standard InChI is InChI=1S/C14H18FN5/c1-2-5-14(6-7-14)9-20-13(17-18-19-20)10-3-4-11(15)12(16)8-10/h3-4,8H,2,5-7,9,16H2,1H3. The summed E-state index contributed by atoms with van der Waals surface area (Å²) in [4.78, 5) is 0. The van der Waals surface area contributed by atoms with Crippen LogP contribution in [0.3, 0.4) is 0 Å². The fourth-order valence-corrected chi connectivity index (χ4v) is 2.71. The smallest absolute Gasteiger partial charge is 0.182 e. The van der Waals surface area contributed by atoms with E-state index in [0.29, 0.717) is 11.2 Å². The first kappa shape index (κ1) is 13.0. The zero-order valence-corrected chi connectivity index (χ0v) is 11.5. The van der Waals surface area contributed by atoms with Crippen molar-refractivity contribution in [1.29, 1.82) is 0 Å². The normalized spacial score (nSPS) is 16.3. The summed E-state index contributed by atoms with van der Waals surface area (Å²) in [7, 11) is 0. The lowest BCUT2D eigenvalue weighted by atomic mass is 10.0. The molecule has 1 aromatic heterocycles. The van der Waals surface area contributed by atoms with Crippen molar-refractivity contribution in [3.63, 3.8) is 0 Å². The topological polar surface area (TPSA) is 69.6 Å². The molecule has 0 saturated heterocycles. The fraction of sp³-hybridized carbons (Fsp3) is 0.500. The van der Waals surface area contributed by atoms with E-state index in [2.05, 4.69) is 22.4 Å². The van der Waals surface area contributed by atoms with Gasteiger partial charge < -0.3 is 5.73 Å². The molecule has 1 heterocycles. The van der Waals surface area contributed by atoms with Crippen LogP contribution >= 0.6 is 0 Å². The van der Waals surface area contributed by atoms with Gasteiger partial charge in [0.15, 0.2) is 5.82 Å². The van der Waals surface area contributed by atoms with Gasteiger partial charge in [-0.1, -0.05) is 13.3 Å². The summed E-state index contributed by atoms with van der Waals surface area (Å²) in [6.07, 6.45) is 4.82. The molecule has 0 aliphatic heterocycles. The Bertz CT molecular complexity index is 618. The van der Waals surface area contributed by atoms with E-state index in [1.165, 1.54) is 31.7 Å². The third-order valence-electron chi connectivity index (χ3n) is 4.01. The van der Waals surface area contributed by atoms with Crippen LogP contribution in [0.25, 0.3) is 11.4 Å². The molecule has 0 radical (unpaired) electrons. The zero-order valence-electron chi connectivity index (χ0n) is 11.5. The van der Waals surface area contributed by atoms with E-state index in [9.17, 15) is 4.39 Å². The summed E-state index contributed by atoms with van der Waals surface area (Å²) in [5.74, 6) is 0.233. The van der Waals surface area contributed by atoms with Gasteiger partial charge in [-0.05, 0) is 53.3 Å². The number of nitrogen functional groups attached to an aromatic ring is 1. The van der Waals surface area contributed by atoms with Gasteiger partial charge in [-0.15, -0.1) is 5.10 Å². The van der Waals surface area contributed by atoms with Crippen LogP contribution in [0.2, 0.25) is 0 Å². The second kappa shape index (κ2) is 4.85. The molecule has 0 bridgehead atoms. The molecular weight excluding hydrogens is 257 g/mol. The van der Waals surface area contributed by atoms with Crippen LogP contribution in [-0.4, -0.2) is 20.2 Å². The van der Waals surface area contributed by atoms with Gasteiger partial charge in [0, 0.05) is 5.56 Å². The van der Waals surface area contributed by atoms with E-state index in [-0.39, 0.29) is 5.69 Å². The molecular formula is C14H18FN5. The molecule has 1 saturated carbocycles. The number of benzene rings is 1. The molecule has 3 rings (SSSR count). The number of tetrazole rings is 1. The van der Waals surface area contributed by atoms with Crippen LogP contribution < -0.4 is 5.73 Å². The highest BCUT2D eigenvalue weighted by atomic mass is 19.1. The summed E-state index contributed by atoms with van der Waals surface area (Å²) in [5.41, 5.74) is 6.83. The molecule has 0 amide bonds. The highest BCUT2D eigenvalue weighted by Crippen LogP contribution is 2.51. The Morgan fingerprint density at radius 3 is 2.85 bits per heavy atom. The van der Waals surface area contributed by atoms with Crippen molar-refractivity contribution in [2.24, 2.45) is 5.41 Å². The lowest BCUT2D eigenvalue weighted by molar-refractivity contribution is 0.365. The summed E-state index contributed by atoms with van der Waals surface area (Å²) in [6.45, 7) is 3.02. The number of nitrogens with zero attached hydrogens (tertiary/aromatic N) is 4. The van der Waals surface area contributed by atoms with E-state index in [4.69, 9.17) is 5.73 Å². The Morgan fingerprint density at radius 1 is 1.40 bits per heavy atom. The monoisotopic (exact) mass is 275 g/mol. The van der Waals surface area contributed by atoms with Crippen LogP contribution in [0.4, 0.5) is 10.1 Å². The quantitative estimate of drug-likeness (QED) is 0.852. The third kappa shape index (κ3) is 2.37. The van der Waals surface area contributed by atoms with Crippen molar-refractivity contribution in [3.8, 4) is 11.4 Å². The minimum Gasteiger partial charge on any atom is -0.396 e. The van der Waals surface area contributed by atoms with Crippen LogP contribution in [-0.2, 0) is 6.54 Å². The van der Waals surface area contributed by atoms with Gasteiger partial charge in [0.2, 0.25) is 0 Å². The van der Waals surface area contributed by atoms with Gasteiger partial charge in [0.1, 0.15) is 5.82 Å². The molecule has 2 aromatic rings. The molecule has 106 valence electrons. The molecule has 0 unspecified atom stereocenters. The molecule has 20 heavy (non-hydrogen) atoms. The third-order valence-corrected chi connectivity index (χ3v) is 4.01. The summed E-state index contributed by atoms with van der Waals surface area (Å²) >= 11 is 0. The largest absolute Gasteiger partial charge is 0.396 e. The number of rotatable bonds is 5. The van der Waals surface area contributed by atoms with Gasteiger partial charge in [-0.3, -0.25) is 0 Å². The number of hydrogen-bond donors (Lipinski definition) is 1. The average Bonchev–Trinajstić information content (AvgIpc) is 3.01. The van der Waals surface area contributed by atoms with E-state index >= 15 is 0 Å². The molecule has 0 spiro atoms. The van der Waals surface area contributed by atoms with Gasteiger partial charge in [0.25, 0.3) is 0 Å². The van der Waals surface area contributed by atoms with Crippen molar-refractivity contribution >= 4 is 5.69 Å². The Balaban J connectivity index is 1.88. The van der Waals surface area contributed by atoms with Crippen LogP contribution in [0.15, 0.2) is 18.2 Å². The second-order valence-corrected chi connectivity index (χ2v) is 5.65. The molecule has 5 nitrogen and oxygen atoms in total. The summed E-state index contributed by atoms with van der Waals surface area (Å²) in [6, 6.07) is 4.59. The van der Waals surface area contributed by atoms with Crippen molar-refractivity contribution < 1.29 is 4.39 Å². The summed E-state index contributed by atoms with van der Waals surface area (Å²) < 4.78 is 15.1. The molecule has 2 N–H and O–H groups in total. The van der Waals surface area contributed by atoms with Crippen LogP contribution in [0.5, 0.6) is 0 Å². The van der Waals surface area contributed by atoms with Gasteiger partial charge in [-0.25, -0.2) is 9.07 Å². The first-order chi connectivity index (χ1) is 9.63. The molecule has 6 heteroatoms. The van der Waals surface area contributed by atoms with Crippen LogP contribution in [0, 0.1) is 11.2 Å². The van der Waals surface area contributed by atoms with Gasteiger partial charge >= 0.3 is 0 Å². The Kier molecular flexibility index (Phi) is 3.16. The highest BCUT2D eigenvalue weighted by Gasteiger charge is 2.42. The SMILES string of the molecule is CCCC1(Cn2nnnc2-c2ccc(F)c(N)c2)CC1. The Hall–Kier alpha value is -1.98. The van der Waals surface area contributed by atoms with E-state index in [1.54, 1.807) is 12.1 Å². The number of halogens is 1. The lowest BCUT2D eigenvalue weighted by Gasteiger charge is -2.14. The zero-order chi connectivity index (χ0) is 14.2. The maximum Gasteiger partial charge on any atom is 0.182 e. The predicted octanol–water partition coefficient (Wildman–Crippen LogP) is 2.64. The maximum absolute atomic E-state index is 13.2. The summed E-state index contributed by atoms with van der Waals surface area (Å²) in [5, 5.41) is 11.9. The Labute approximate surface area is 117 Å². The van der Waals surface area contributed by atoms with E-state index in [1.807, 2.05) is 4.68 Å². The highest BCUT2D eigenvalue weighted by molar-refractivity contribution is 5.61. The Morgan fingerprint density at radius 2 is 2.20 bits per heavy atom. The van der Waals surface area contributed by atoms with Crippen LogP contribution in [0.1, 0.15) is 32.6 Å². The number of hydrogen-bond acceptors (Lipinski definition) is 4. The fourth-order valence-electron chi connectivity index (χ4n) is 2.71. The lowest BCUT2D eigenvalue weighted by Crippen LogP contribution is -2.14. The van der Waals surface area contributed by atoms with Crippen molar-refractivity contribution in [2.45, 2.75) is 39.2 Å². The molecule has 1 aliphatic rings. The minimum atomic E-state index is -0.419.